The van der Waals surface area contributed by atoms with Gasteiger partial charge in [-0.15, -0.1) is 10.2 Å². The van der Waals surface area contributed by atoms with E-state index in [0.29, 0.717) is 29.4 Å². The Kier molecular flexibility index (Phi) is 9.17. The van der Waals surface area contributed by atoms with Crippen molar-refractivity contribution in [2.24, 2.45) is 5.92 Å². The van der Waals surface area contributed by atoms with E-state index in [1.54, 1.807) is 0 Å². The lowest BCUT2D eigenvalue weighted by molar-refractivity contribution is -0.117. The van der Waals surface area contributed by atoms with Gasteiger partial charge in [0.15, 0.2) is 5.82 Å². The van der Waals surface area contributed by atoms with E-state index in [9.17, 15) is 9.59 Å². The molecule has 4 N–H and O–H groups in total. The lowest BCUT2D eigenvalue weighted by Crippen LogP contribution is -2.40. The molecule has 0 aliphatic heterocycles. The van der Waals surface area contributed by atoms with E-state index < -0.39 is 11.9 Å². The molecule has 2 aromatic rings. The number of nitrogens with two attached hydrogens (primary N) is 1. The van der Waals surface area contributed by atoms with Crippen molar-refractivity contribution in [1.29, 1.82) is 0 Å². The van der Waals surface area contributed by atoms with Crippen LogP contribution in [0.25, 0.3) is 0 Å². The Morgan fingerprint density at radius 2 is 1.97 bits per heavy atom. The topological polar surface area (TPSA) is 124 Å². The molecule has 0 fully saturated rings. The largest absolute Gasteiger partial charge is 0.485 e. The number of ether oxygens (including phenoxy) is 1. The average Bonchev–Trinajstić information content (AvgIpc) is 3.03. The third kappa shape index (κ3) is 7.78. The molecule has 0 bridgehead atoms. The van der Waals surface area contributed by atoms with Crippen LogP contribution < -0.4 is 21.2 Å². The van der Waals surface area contributed by atoms with Crippen LogP contribution in [0.1, 0.15) is 57.0 Å². The van der Waals surface area contributed by atoms with Crippen molar-refractivity contribution in [3.63, 3.8) is 0 Å². The Hall–Kier alpha value is -2.75. The lowest BCUT2D eigenvalue weighted by Gasteiger charge is -2.14. The SMILES string of the molecule is Cc1ccc(C(C)C)c(OCc2nnc(SCC(=O)NC(=O)NCCC(C)C)n2N)c1. The lowest BCUT2D eigenvalue weighted by atomic mass is 10.0. The van der Waals surface area contributed by atoms with Crippen LogP contribution in [0.2, 0.25) is 0 Å². The summed E-state index contributed by atoms with van der Waals surface area (Å²) in [5.41, 5.74) is 2.20. The van der Waals surface area contributed by atoms with Crippen LogP contribution in [0, 0.1) is 12.8 Å². The first-order chi connectivity index (χ1) is 14.7. The van der Waals surface area contributed by atoms with E-state index in [1.807, 2.05) is 13.0 Å². The summed E-state index contributed by atoms with van der Waals surface area (Å²) in [4.78, 5) is 23.7. The zero-order valence-corrected chi connectivity index (χ0v) is 19.6. The maximum absolute atomic E-state index is 12.0. The fourth-order valence-corrected chi connectivity index (χ4v) is 3.38. The molecule has 170 valence electrons. The molecule has 2 rings (SSSR count). The third-order valence-corrected chi connectivity index (χ3v) is 5.42. The number of nitrogen functional groups attached to an aromatic ring is 1. The van der Waals surface area contributed by atoms with Crippen LogP contribution in [0.5, 0.6) is 5.75 Å². The number of nitrogens with zero attached hydrogens (tertiary/aromatic N) is 3. The van der Waals surface area contributed by atoms with Crippen molar-refractivity contribution in [2.75, 3.05) is 18.1 Å². The Balaban J connectivity index is 1.86. The van der Waals surface area contributed by atoms with Gasteiger partial charge in [0.05, 0.1) is 5.75 Å². The molecule has 0 aliphatic carbocycles. The Labute approximate surface area is 187 Å². The summed E-state index contributed by atoms with van der Waals surface area (Å²) in [7, 11) is 0. The minimum Gasteiger partial charge on any atom is -0.485 e. The van der Waals surface area contributed by atoms with Gasteiger partial charge >= 0.3 is 6.03 Å². The van der Waals surface area contributed by atoms with E-state index >= 15 is 0 Å². The van der Waals surface area contributed by atoms with Gasteiger partial charge in [-0.2, -0.15) is 0 Å². The fraction of sp³-hybridized carbons (Fsp3) is 0.524. The summed E-state index contributed by atoms with van der Waals surface area (Å²) < 4.78 is 7.24. The van der Waals surface area contributed by atoms with Gasteiger partial charge in [0.25, 0.3) is 0 Å². The minimum atomic E-state index is -0.506. The van der Waals surface area contributed by atoms with Gasteiger partial charge in [-0.05, 0) is 42.4 Å². The Bertz CT molecular complexity index is 897. The molecule has 3 amide bonds. The number of hydrogen-bond acceptors (Lipinski definition) is 7. The summed E-state index contributed by atoms with van der Waals surface area (Å²) in [6, 6.07) is 5.59. The van der Waals surface area contributed by atoms with E-state index in [0.717, 1.165) is 35.1 Å². The number of rotatable bonds is 10. The van der Waals surface area contributed by atoms with Gasteiger partial charge in [0.2, 0.25) is 11.1 Å². The number of nitrogens with one attached hydrogen (secondary N) is 2. The molecule has 0 unspecified atom stereocenters. The van der Waals surface area contributed by atoms with Crippen LogP contribution >= 0.6 is 11.8 Å². The highest BCUT2D eigenvalue weighted by atomic mass is 32.2. The maximum atomic E-state index is 12.0. The second kappa shape index (κ2) is 11.6. The zero-order chi connectivity index (χ0) is 23.0. The second-order valence-electron chi connectivity index (χ2n) is 8.03. The highest BCUT2D eigenvalue weighted by Crippen LogP contribution is 2.28. The molecule has 10 heteroatoms. The summed E-state index contributed by atoms with van der Waals surface area (Å²) in [5, 5.41) is 13.4. The molecule has 1 aromatic heterocycles. The van der Waals surface area contributed by atoms with Gasteiger partial charge in [-0.1, -0.05) is 51.6 Å². The normalized spacial score (nSPS) is 11.1. The van der Waals surface area contributed by atoms with Crippen molar-refractivity contribution in [3.8, 4) is 5.75 Å². The number of aryl methyl sites for hydroxylation is 1. The number of aromatic nitrogens is 3. The van der Waals surface area contributed by atoms with Crippen LogP contribution in [-0.4, -0.2) is 39.1 Å². The number of carbonyl (C=O) groups excluding carboxylic acids is 2. The van der Waals surface area contributed by atoms with Crippen molar-refractivity contribution in [1.82, 2.24) is 25.5 Å². The van der Waals surface area contributed by atoms with E-state index in [1.165, 1.54) is 4.68 Å². The smallest absolute Gasteiger partial charge is 0.321 e. The monoisotopic (exact) mass is 448 g/mol. The molecule has 31 heavy (non-hydrogen) atoms. The molecule has 1 heterocycles. The fourth-order valence-electron chi connectivity index (χ4n) is 2.70. The zero-order valence-electron chi connectivity index (χ0n) is 18.8. The van der Waals surface area contributed by atoms with Crippen LogP contribution in [0.3, 0.4) is 0 Å². The van der Waals surface area contributed by atoms with Gasteiger partial charge in [0.1, 0.15) is 12.4 Å². The van der Waals surface area contributed by atoms with E-state index in [4.69, 9.17) is 10.6 Å². The third-order valence-electron chi connectivity index (χ3n) is 4.48. The van der Waals surface area contributed by atoms with Crippen molar-refractivity contribution < 1.29 is 14.3 Å². The Morgan fingerprint density at radius 1 is 1.23 bits per heavy atom. The molecular formula is C21H32N6O3S. The molecule has 0 atom stereocenters. The summed E-state index contributed by atoms with van der Waals surface area (Å²) in [6.07, 6.45) is 0.846. The Morgan fingerprint density at radius 3 is 2.65 bits per heavy atom. The standard InChI is InChI=1S/C21H32N6O3S/c1-13(2)8-9-23-20(29)24-19(28)12-31-21-26-25-18(27(21)22)11-30-17-10-15(5)6-7-16(17)14(3)4/h6-7,10,13-14H,8-9,11-12,22H2,1-5H3,(H2,23,24,28,29). The molecule has 1 aromatic carbocycles. The predicted molar refractivity (Wildman–Crippen MR) is 121 cm³/mol. The molecule has 0 saturated heterocycles. The number of hydrogen-bond donors (Lipinski definition) is 3. The van der Waals surface area contributed by atoms with Crippen molar-refractivity contribution >= 4 is 23.7 Å². The van der Waals surface area contributed by atoms with E-state index in [-0.39, 0.29) is 12.4 Å². The van der Waals surface area contributed by atoms with Gasteiger partial charge in [-0.3, -0.25) is 10.1 Å². The number of carbonyl (C=O) groups is 2. The number of benzene rings is 1. The molecule has 9 nitrogen and oxygen atoms in total. The summed E-state index contributed by atoms with van der Waals surface area (Å²) in [5.74, 6) is 7.63. The first kappa shape index (κ1) is 24.5. The quantitative estimate of drug-likeness (QED) is 0.377. The first-order valence-electron chi connectivity index (χ1n) is 10.3. The number of urea groups is 1. The van der Waals surface area contributed by atoms with Crippen molar-refractivity contribution in [2.45, 2.75) is 58.7 Å². The molecule has 0 saturated carbocycles. The number of thioether (sulfide) groups is 1. The van der Waals surface area contributed by atoms with Crippen LogP contribution in [-0.2, 0) is 11.4 Å². The summed E-state index contributed by atoms with van der Waals surface area (Å²) >= 11 is 1.10. The van der Waals surface area contributed by atoms with Crippen molar-refractivity contribution in [3.05, 3.63) is 35.2 Å². The van der Waals surface area contributed by atoms with Crippen LogP contribution in [0.15, 0.2) is 23.4 Å². The molecule has 0 radical (unpaired) electrons. The highest BCUT2D eigenvalue weighted by Gasteiger charge is 2.15. The molecule has 0 aliphatic rings. The molecular weight excluding hydrogens is 416 g/mol. The highest BCUT2D eigenvalue weighted by molar-refractivity contribution is 7.99. The van der Waals surface area contributed by atoms with Gasteiger partial charge in [0, 0.05) is 6.54 Å². The predicted octanol–water partition coefficient (Wildman–Crippen LogP) is 2.97. The second-order valence-corrected chi connectivity index (χ2v) is 8.97. The molecule has 0 spiro atoms. The van der Waals surface area contributed by atoms with E-state index in [2.05, 4.69) is 60.7 Å². The minimum absolute atomic E-state index is 0.0107. The maximum Gasteiger partial charge on any atom is 0.321 e. The number of imide groups is 1. The van der Waals surface area contributed by atoms with Gasteiger partial charge < -0.3 is 15.9 Å². The number of amides is 3. The van der Waals surface area contributed by atoms with Crippen LogP contribution in [0.4, 0.5) is 4.79 Å². The van der Waals surface area contributed by atoms with Gasteiger partial charge in [-0.25, -0.2) is 9.47 Å². The average molecular weight is 449 g/mol. The summed E-state index contributed by atoms with van der Waals surface area (Å²) in [6.45, 7) is 11.0. The first-order valence-corrected chi connectivity index (χ1v) is 11.3.